The first-order valence-corrected chi connectivity index (χ1v) is 18.9. The molecule has 0 unspecified atom stereocenters. The lowest BCUT2D eigenvalue weighted by Crippen LogP contribution is -2.49. The van der Waals surface area contributed by atoms with Crippen molar-refractivity contribution in [3.63, 3.8) is 0 Å². The van der Waals surface area contributed by atoms with Crippen molar-refractivity contribution < 1.29 is 37.7 Å². The van der Waals surface area contributed by atoms with Crippen molar-refractivity contribution in [3.8, 4) is 11.5 Å². The highest BCUT2D eigenvalue weighted by atomic mass is 79.9. The maximum absolute atomic E-state index is 14.1. The topological polar surface area (TPSA) is 138 Å². The molecule has 3 atom stereocenters. The van der Waals surface area contributed by atoms with Crippen LogP contribution in [0.5, 0.6) is 11.5 Å². The number of hydrogen-bond acceptors (Lipinski definition) is 9. The van der Waals surface area contributed by atoms with E-state index in [1.807, 2.05) is 117 Å². The Kier molecular flexibility index (Phi) is 11.0. The van der Waals surface area contributed by atoms with E-state index >= 15 is 0 Å². The number of alkyl carbamates (subject to hydrolysis) is 1. The number of para-hydroxylation sites is 1. The lowest BCUT2D eigenvalue weighted by molar-refractivity contribution is -0.124. The smallest absolute Gasteiger partial charge is 0.408 e. The van der Waals surface area contributed by atoms with Gasteiger partial charge in [-0.05, 0) is 34.7 Å². The number of cyclic esters (lactones) is 1. The van der Waals surface area contributed by atoms with Gasteiger partial charge in [0.15, 0.2) is 11.5 Å². The molecule has 2 aliphatic heterocycles. The molecule has 3 heterocycles. The van der Waals surface area contributed by atoms with E-state index in [4.69, 9.17) is 28.3 Å². The lowest BCUT2D eigenvalue weighted by Gasteiger charge is -2.37. The second kappa shape index (κ2) is 16.2. The van der Waals surface area contributed by atoms with E-state index in [1.54, 1.807) is 0 Å². The van der Waals surface area contributed by atoms with Crippen LogP contribution in [-0.4, -0.2) is 47.5 Å². The Balaban J connectivity index is 1.40. The molecular weight excluding hydrogens is 754 g/mol. The fourth-order valence-electron chi connectivity index (χ4n) is 6.86. The summed E-state index contributed by atoms with van der Waals surface area (Å²) < 4.78 is 31.1. The number of carbonyl (C=O) groups is 3. The number of nitrogens with one attached hydrogen (secondary N) is 2. The van der Waals surface area contributed by atoms with Crippen LogP contribution in [0.1, 0.15) is 69.8 Å². The van der Waals surface area contributed by atoms with E-state index in [1.165, 1.54) is 0 Å². The summed E-state index contributed by atoms with van der Waals surface area (Å²) in [6.45, 7) is 4.30. The van der Waals surface area contributed by atoms with Gasteiger partial charge in [-0.1, -0.05) is 121 Å². The zero-order valence-corrected chi connectivity index (χ0v) is 31.5. The van der Waals surface area contributed by atoms with Gasteiger partial charge in [0.05, 0.1) is 6.61 Å². The van der Waals surface area contributed by atoms with Gasteiger partial charge in [-0.15, -0.1) is 0 Å². The lowest BCUT2D eigenvalue weighted by atomic mass is 9.70. The van der Waals surface area contributed by atoms with Gasteiger partial charge >= 0.3 is 12.1 Å². The Morgan fingerprint density at radius 3 is 2.31 bits per heavy atom. The molecule has 0 saturated carbocycles. The number of carbonyl (C=O) groups excluding carboxylic acids is 3. The standard InChI is InChI=1S/C42H40BrN3O8/c1-26(2)35-39-46-36-37(54-39)42(25-53-40(36)48,30-15-9-10-16-33(30)50-20-19-43)31-21-29(17-18-34(31)51-23-27-11-5-3-6-12-27)22-32(38(47)45-35)44-41(49)52-24-28-13-7-4-8-14-28/h3-18,21,26,32,35H,19-20,22-25H2,1-2H3,(H,44,49)(H,45,47)/t32-,35-,42+/m0/s1. The quantitative estimate of drug-likeness (QED) is 0.105. The Hall–Kier alpha value is -5.62. The average molecular weight is 795 g/mol. The van der Waals surface area contributed by atoms with Crippen LogP contribution in [0.15, 0.2) is 108 Å². The van der Waals surface area contributed by atoms with E-state index in [0.29, 0.717) is 40.1 Å². The molecule has 2 amide bonds. The molecule has 0 aliphatic carbocycles. The summed E-state index contributed by atoms with van der Waals surface area (Å²) in [5.41, 5.74) is 2.41. The maximum Gasteiger partial charge on any atom is 0.408 e. The third-order valence-electron chi connectivity index (χ3n) is 9.56. The van der Waals surface area contributed by atoms with Crippen molar-refractivity contribution in [3.05, 3.63) is 148 Å². The molecule has 4 aromatic carbocycles. The molecular formula is C42H40BrN3O8. The zero-order valence-electron chi connectivity index (χ0n) is 29.9. The highest BCUT2D eigenvalue weighted by Gasteiger charge is 2.52. The van der Waals surface area contributed by atoms with Crippen LogP contribution in [0.3, 0.4) is 0 Å². The van der Waals surface area contributed by atoms with E-state index in [-0.39, 0.29) is 49.5 Å². The molecule has 11 nitrogen and oxygen atoms in total. The fourth-order valence-corrected chi connectivity index (χ4v) is 7.02. The Bertz CT molecular complexity index is 2120. The zero-order chi connectivity index (χ0) is 37.7. The van der Waals surface area contributed by atoms with Gasteiger partial charge in [-0.2, -0.15) is 0 Å². The summed E-state index contributed by atoms with van der Waals surface area (Å²) in [6.07, 6.45) is -0.653. The van der Waals surface area contributed by atoms with Crippen LogP contribution in [0, 0.1) is 5.92 Å². The highest BCUT2D eigenvalue weighted by molar-refractivity contribution is 9.09. The first-order valence-electron chi connectivity index (χ1n) is 17.8. The minimum atomic E-state index is -1.30. The molecule has 1 aromatic heterocycles. The largest absolute Gasteiger partial charge is 0.492 e. The van der Waals surface area contributed by atoms with Crippen LogP contribution in [0.25, 0.3) is 0 Å². The number of halogens is 1. The predicted octanol–water partition coefficient (Wildman–Crippen LogP) is 7.20. The summed E-state index contributed by atoms with van der Waals surface area (Å²) in [5.74, 6) is 0.0694. The first kappa shape index (κ1) is 36.7. The van der Waals surface area contributed by atoms with Crippen molar-refractivity contribution in [1.29, 1.82) is 0 Å². The minimum Gasteiger partial charge on any atom is -0.492 e. The molecule has 54 heavy (non-hydrogen) atoms. The summed E-state index contributed by atoms with van der Waals surface area (Å²) >= 11 is 3.47. The Morgan fingerprint density at radius 1 is 0.907 bits per heavy atom. The summed E-state index contributed by atoms with van der Waals surface area (Å²) in [5, 5.41) is 6.41. The van der Waals surface area contributed by atoms with Crippen LogP contribution in [-0.2, 0) is 39.3 Å². The molecule has 0 radical (unpaired) electrons. The second-order valence-electron chi connectivity index (χ2n) is 13.5. The van der Waals surface area contributed by atoms with Gasteiger partial charge in [0.1, 0.15) is 48.8 Å². The number of fused-ring (bicyclic) bond motifs is 4. The van der Waals surface area contributed by atoms with Crippen LogP contribution in [0.4, 0.5) is 4.79 Å². The number of rotatable bonds is 11. The minimum absolute atomic E-state index is 0.00994. The highest BCUT2D eigenvalue weighted by Crippen LogP contribution is 2.51. The van der Waals surface area contributed by atoms with Crippen LogP contribution < -0.4 is 20.1 Å². The molecule has 7 rings (SSSR count). The van der Waals surface area contributed by atoms with Crippen molar-refractivity contribution in [2.45, 2.75) is 51.0 Å². The van der Waals surface area contributed by atoms with Crippen molar-refractivity contribution in [2.24, 2.45) is 5.92 Å². The molecule has 12 heteroatoms. The van der Waals surface area contributed by atoms with E-state index < -0.39 is 35.5 Å². The summed E-state index contributed by atoms with van der Waals surface area (Å²) in [6, 6.07) is 30.4. The number of hydrogen-bond donors (Lipinski definition) is 2. The normalized spacial score (nSPS) is 19.1. The van der Waals surface area contributed by atoms with E-state index in [2.05, 4.69) is 26.6 Å². The number of nitrogens with zero attached hydrogens (tertiary/aromatic N) is 1. The molecule has 0 saturated heterocycles. The molecule has 2 aliphatic rings. The number of amides is 2. The molecule has 0 fully saturated rings. The first-order chi connectivity index (χ1) is 26.3. The van der Waals surface area contributed by atoms with Crippen molar-refractivity contribution >= 4 is 33.9 Å². The number of esters is 1. The van der Waals surface area contributed by atoms with Gasteiger partial charge < -0.3 is 34.0 Å². The molecule has 278 valence electrons. The Labute approximate surface area is 321 Å². The number of benzene rings is 4. The van der Waals surface area contributed by atoms with Crippen LogP contribution in [0.2, 0.25) is 0 Å². The molecule has 2 N–H and O–H groups in total. The number of oxazole rings is 1. The van der Waals surface area contributed by atoms with E-state index in [9.17, 15) is 14.4 Å². The predicted molar refractivity (Wildman–Crippen MR) is 203 cm³/mol. The summed E-state index contributed by atoms with van der Waals surface area (Å²) in [7, 11) is 0. The third-order valence-corrected chi connectivity index (χ3v) is 9.88. The summed E-state index contributed by atoms with van der Waals surface area (Å²) in [4.78, 5) is 45.6. The monoisotopic (exact) mass is 793 g/mol. The number of aromatic nitrogens is 1. The third kappa shape index (κ3) is 7.56. The van der Waals surface area contributed by atoms with E-state index in [0.717, 1.165) is 11.1 Å². The maximum atomic E-state index is 14.1. The number of alkyl halides is 1. The van der Waals surface area contributed by atoms with Gasteiger partial charge in [-0.3, -0.25) is 4.79 Å². The number of ether oxygens (including phenoxy) is 4. The van der Waals surface area contributed by atoms with Gasteiger partial charge in [0, 0.05) is 22.9 Å². The fraction of sp³-hybridized carbons (Fsp3) is 0.286. The van der Waals surface area contributed by atoms with Gasteiger partial charge in [0.25, 0.3) is 0 Å². The molecule has 5 aromatic rings. The van der Waals surface area contributed by atoms with Gasteiger partial charge in [0.2, 0.25) is 11.8 Å². The van der Waals surface area contributed by atoms with Crippen LogP contribution >= 0.6 is 15.9 Å². The molecule has 4 bridgehead atoms. The SMILES string of the molecule is CC(C)[C@@H]1NC(=O)[C@@H](NC(=O)OCc2ccccc2)Cc2ccc(OCc3ccccc3)c(c2)[C@]2(c3ccccc3OCCBr)COC(=O)c3nc1oc32. The van der Waals surface area contributed by atoms with Crippen molar-refractivity contribution in [2.75, 3.05) is 18.5 Å². The second-order valence-corrected chi connectivity index (χ2v) is 14.3. The van der Waals surface area contributed by atoms with Crippen molar-refractivity contribution in [1.82, 2.24) is 15.6 Å². The molecule has 0 spiro atoms. The average Bonchev–Trinajstić information content (AvgIpc) is 3.65. The van der Waals surface area contributed by atoms with Gasteiger partial charge in [-0.25, -0.2) is 14.6 Å². The Morgan fingerprint density at radius 2 is 1.59 bits per heavy atom.